The van der Waals surface area contributed by atoms with E-state index in [1.54, 1.807) is 11.1 Å². The second-order valence-electron chi connectivity index (χ2n) is 35.6. The number of carbonyl (C=O) groups is 1. The number of benzene rings is 15. The van der Waals surface area contributed by atoms with Gasteiger partial charge in [0.05, 0.1) is 16.4 Å². The van der Waals surface area contributed by atoms with Crippen LogP contribution < -0.4 is 0 Å². The summed E-state index contributed by atoms with van der Waals surface area (Å²) in [4.78, 5) is 12.5. The lowest BCUT2D eigenvalue weighted by atomic mass is 9.59. The van der Waals surface area contributed by atoms with Crippen LogP contribution in [0.3, 0.4) is 0 Å². The lowest BCUT2D eigenvalue weighted by molar-refractivity contribution is 0.0251. The topological polar surface area (TPSA) is 46.5 Å². The van der Waals surface area contributed by atoms with Gasteiger partial charge in [-0.25, -0.2) is 4.79 Å². The molecule has 2 bridgehead atoms. The standard InChI is InChI=1S/C28H24O.C27H22.C22H18O2.C21H24.C20H24/c1-19-11-15-21(16-12-19)28(22-17-13-20(2)14-18-22)25-9-5-3-7-23(25)27(29)24-8-4-6-10-26(24)28;1-19-11-15-21(16-12-19)27(22-17-13-20(2)14-18-22)25-9-5-3-7-23(25)24-8-4-6-10-26(24)27;1-15-7-11-17(12-8-15)22(18-13-9-16(2)10-14-18)20-6-4-3-5-19(20)21(23)24-22;1-15-3-8-18(9-4-15)21(14-17-7-12-20(21)13-17)19-10-5-16(2)6-11-19;1-16-6-10-18(11-7-16)20(14-4-3-5-15-20)19-12-8-17(2)9-13-19/h3-18,27,29H,1-2H3;3-18H,1-2H3;3-14H,1-2H3;3-6,8-11,17,20H,7,12-14H2,1-2H3;6-13H,3-5,14-15H2,1-2H3. The van der Waals surface area contributed by atoms with E-state index in [-0.39, 0.29) is 22.2 Å². The molecule has 2 atom stereocenters. The molecule has 0 spiro atoms. The predicted molar refractivity (Wildman–Crippen MR) is 500 cm³/mol. The molecule has 3 heteroatoms. The number of aryl methyl sites for hydroxylation is 10. The average molecular weight is 1580 g/mol. The van der Waals surface area contributed by atoms with Gasteiger partial charge in [-0.05, 0) is 208 Å². The van der Waals surface area contributed by atoms with E-state index >= 15 is 0 Å². The van der Waals surface area contributed by atoms with Crippen molar-refractivity contribution >= 4 is 5.97 Å². The lowest BCUT2D eigenvalue weighted by Crippen LogP contribution is -2.37. The second-order valence-corrected chi connectivity index (χ2v) is 35.6. The monoisotopic (exact) mass is 1580 g/mol. The first-order chi connectivity index (χ1) is 58.8. The Kier molecular flexibility index (Phi) is 22.9. The highest BCUT2D eigenvalue weighted by Crippen LogP contribution is 2.61. The molecule has 602 valence electrons. The Morgan fingerprint density at radius 2 is 0.545 bits per heavy atom. The third-order valence-corrected chi connectivity index (χ3v) is 27.8. The molecular weight excluding hydrogens is 1470 g/mol. The van der Waals surface area contributed by atoms with E-state index in [2.05, 4.69) is 373 Å². The fourth-order valence-electron chi connectivity index (χ4n) is 21.4. The zero-order valence-electron chi connectivity index (χ0n) is 72.0. The van der Waals surface area contributed by atoms with Crippen LogP contribution in [0.15, 0.2) is 364 Å². The van der Waals surface area contributed by atoms with Crippen molar-refractivity contribution in [1.82, 2.24) is 0 Å². The Morgan fingerprint density at radius 1 is 0.273 bits per heavy atom. The number of rotatable bonds is 10. The Labute approximate surface area is 719 Å². The minimum atomic E-state index is -0.880. The van der Waals surface area contributed by atoms with Gasteiger partial charge in [-0.2, -0.15) is 0 Å². The van der Waals surface area contributed by atoms with Gasteiger partial charge in [0.25, 0.3) is 0 Å². The molecule has 21 rings (SSSR count). The zero-order chi connectivity index (χ0) is 83.6. The highest BCUT2D eigenvalue weighted by molar-refractivity contribution is 5.96. The fraction of sp³-hybridized carbons (Fsp3) is 0.229. The van der Waals surface area contributed by atoms with Gasteiger partial charge >= 0.3 is 5.97 Å². The van der Waals surface area contributed by atoms with Crippen molar-refractivity contribution in [3.63, 3.8) is 0 Å². The van der Waals surface area contributed by atoms with Gasteiger partial charge in [0.1, 0.15) is 6.10 Å². The molecule has 121 heavy (non-hydrogen) atoms. The Bertz CT molecular complexity index is 5800. The maximum absolute atomic E-state index is 12.5. The Hall–Kier alpha value is -12.3. The minimum Gasteiger partial charge on any atom is -0.441 e. The first-order valence-corrected chi connectivity index (χ1v) is 43.9. The Morgan fingerprint density at radius 3 is 0.868 bits per heavy atom. The number of aliphatic hydroxyl groups excluding tert-OH is 1. The number of cyclic esters (lactones) is 1. The number of ether oxygens (including phenoxy) is 1. The van der Waals surface area contributed by atoms with Crippen molar-refractivity contribution in [3.8, 4) is 11.1 Å². The van der Waals surface area contributed by atoms with Gasteiger partial charge in [0.2, 0.25) is 0 Å². The molecule has 1 heterocycles. The summed E-state index contributed by atoms with van der Waals surface area (Å²) in [6.45, 7) is 21.4. The van der Waals surface area contributed by atoms with Crippen LogP contribution in [0.5, 0.6) is 0 Å². The molecule has 15 aromatic carbocycles. The van der Waals surface area contributed by atoms with E-state index in [1.807, 2.05) is 60.7 Å². The minimum absolute atomic E-state index is 0.250. The molecule has 5 aliphatic carbocycles. The van der Waals surface area contributed by atoms with Gasteiger partial charge in [-0.3, -0.25) is 0 Å². The van der Waals surface area contributed by atoms with Gasteiger partial charge in [0, 0.05) is 27.5 Å². The van der Waals surface area contributed by atoms with E-state index in [4.69, 9.17) is 4.74 Å². The van der Waals surface area contributed by atoms with Crippen molar-refractivity contribution < 1.29 is 14.6 Å². The van der Waals surface area contributed by atoms with Crippen LogP contribution in [0.1, 0.15) is 224 Å². The van der Waals surface area contributed by atoms with E-state index in [0.29, 0.717) is 5.56 Å². The van der Waals surface area contributed by atoms with Gasteiger partial charge in [0.15, 0.2) is 5.60 Å². The van der Waals surface area contributed by atoms with Crippen LogP contribution in [-0.4, -0.2) is 11.1 Å². The van der Waals surface area contributed by atoms with Crippen LogP contribution in [-0.2, 0) is 32.0 Å². The summed E-state index contributed by atoms with van der Waals surface area (Å²) in [5, 5.41) is 11.2. The summed E-state index contributed by atoms with van der Waals surface area (Å²) in [7, 11) is 0. The molecule has 6 aliphatic rings. The summed E-state index contributed by atoms with van der Waals surface area (Å²) in [6, 6.07) is 131. The number of fused-ring (bicyclic) bond motifs is 8. The number of carbonyl (C=O) groups excluding carboxylic acids is 1. The number of hydrogen-bond acceptors (Lipinski definition) is 3. The molecule has 0 saturated heterocycles. The van der Waals surface area contributed by atoms with Crippen LogP contribution in [0, 0.1) is 81.1 Å². The van der Waals surface area contributed by atoms with Crippen molar-refractivity contribution in [3.05, 3.63) is 520 Å². The molecule has 15 aromatic rings. The SMILES string of the molecule is Cc1ccc(C2(c3ccc(C)cc3)CC3CCC2C3)cc1.Cc1ccc(C2(c3ccc(C)cc3)CCCCC2)cc1.Cc1ccc(C2(c3ccc(C)cc3)OC(=O)c3ccccc32)cc1.Cc1ccc(C2(c3ccc(C)cc3)c3ccccc3-c3ccccc32)cc1.Cc1ccc(C2(c3ccc(C)cc3)c3ccccc3C(O)c3ccccc32)cc1. The van der Waals surface area contributed by atoms with Crippen molar-refractivity contribution in [2.75, 3.05) is 0 Å². The molecule has 0 aromatic heterocycles. The van der Waals surface area contributed by atoms with Crippen molar-refractivity contribution in [2.24, 2.45) is 11.8 Å². The maximum atomic E-state index is 12.5. The van der Waals surface area contributed by atoms with Crippen LogP contribution >= 0.6 is 0 Å². The second kappa shape index (κ2) is 34.1. The molecule has 3 nitrogen and oxygen atoms in total. The zero-order valence-corrected chi connectivity index (χ0v) is 72.0. The third-order valence-electron chi connectivity index (χ3n) is 27.8. The fourth-order valence-corrected chi connectivity index (χ4v) is 21.4. The highest BCUT2D eigenvalue weighted by atomic mass is 16.6. The van der Waals surface area contributed by atoms with Crippen molar-refractivity contribution in [1.29, 1.82) is 0 Å². The summed E-state index contributed by atoms with van der Waals surface area (Å²) < 4.78 is 6.03. The summed E-state index contributed by atoms with van der Waals surface area (Å²) in [5.74, 6) is 1.51. The largest absolute Gasteiger partial charge is 0.441 e. The van der Waals surface area contributed by atoms with Crippen LogP contribution in [0.25, 0.3) is 11.1 Å². The van der Waals surface area contributed by atoms with Gasteiger partial charge < -0.3 is 9.84 Å². The summed E-state index contributed by atoms with van der Waals surface area (Å²) >= 11 is 0. The van der Waals surface area contributed by atoms with E-state index in [9.17, 15) is 9.90 Å². The average Bonchev–Trinajstić information content (AvgIpc) is 1.55. The smallest absolute Gasteiger partial charge is 0.340 e. The molecule has 1 N–H and O–H groups in total. The molecule has 2 unspecified atom stereocenters. The number of esters is 1. The molecule has 0 amide bonds. The Balaban J connectivity index is 0.000000108. The first-order valence-electron chi connectivity index (χ1n) is 43.9. The van der Waals surface area contributed by atoms with Crippen molar-refractivity contribution in [2.45, 2.75) is 160 Å². The molecule has 1 aliphatic heterocycles. The number of aliphatic hydroxyl groups is 1. The highest BCUT2D eigenvalue weighted by Gasteiger charge is 2.54. The molecule has 3 fully saturated rings. The van der Waals surface area contributed by atoms with Crippen LogP contribution in [0.2, 0.25) is 0 Å². The normalized spacial score (nSPS) is 17.1. The first kappa shape index (κ1) is 81.1. The molecule has 0 radical (unpaired) electrons. The van der Waals surface area contributed by atoms with Gasteiger partial charge in [-0.1, -0.05) is 439 Å². The third kappa shape index (κ3) is 15.0. The van der Waals surface area contributed by atoms with E-state index in [0.717, 1.165) is 50.8 Å². The predicted octanol–water partition coefficient (Wildman–Crippen LogP) is 28.5. The summed E-state index contributed by atoms with van der Waals surface area (Å²) in [6.07, 6.45) is 11.7. The lowest BCUT2D eigenvalue weighted by Gasteiger charge is -2.44. The van der Waals surface area contributed by atoms with Gasteiger partial charge in [-0.15, -0.1) is 0 Å². The van der Waals surface area contributed by atoms with Crippen LogP contribution in [0.4, 0.5) is 0 Å². The molecule has 3 saturated carbocycles. The van der Waals surface area contributed by atoms with E-state index in [1.165, 1.54) is 169 Å². The molecular formula is C118H112O3. The maximum Gasteiger partial charge on any atom is 0.340 e. The number of hydrogen-bond donors (Lipinski definition) is 1. The summed E-state index contributed by atoms with van der Waals surface area (Å²) in [5.41, 5.74) is 36.1. The quantitative estimate of drug-likeness (QED) is 0.139. The van der Waals surface area contributed by atoms with E-state index < -0.39 is 17.1 Å².